The van der Waals surface area contributed by atoms with Gasteiger partial charge in [0.2, 0.25) is 10.0 Å². The Morgan fingerprint density at radius 2 is 1.70 bits per heavy atom. The van der Waals surface area contributed by atoms with Crippen LogP contribution in [0.3, 0.4) is 0 Å². The molecule has 1 heterocycles. The van der Waals surface area contributed by atoms with Crippen LogP contribution < -0.4 is 4.72 Å². The number of nitrogens with zero attached hydrogens (tertiary/aromatic N) is 1. The van der Waals surface area contributed by atoms with Gasteiger partial charge in [-0.2, -0.15) is 0 Å². The number of rotatable bonds is 5. The van der Waals surface area contributed by atoms with E-state index in [9.17, 15) is 13.2 Å². The third-order valence-electron chi connectivity index (χ3n) is 5.02. The summed E-state index contributed by atoms with van der Waals surface area (Å²) in [5.74, 6) is -0.0830. The van der Waals surface area contributed by atoms with Crippen LogP contribution in [0, 0.1) is 6.92 Å². The molecular formula is C21H26N2O3S. The van der Waals surface area contributed by atoms with Gasteiger partial charge in [0.05, 0.1) is 4.90 Å². The SMILES string of the molecule is Cc1ccc(S(=O)(=O)N[C@H](C)c2ccccc2)cc1C(=O)N1CCCCC1. The van der Waals surface area contributed by atoms with Gasteiger partial charge in [0.25, 0.3) is 5.91 Å². The minimum absolute atomic E-state index is 0.0830. The predicted molar refractivity (Wildman–Crippen MR) is 106 cm³/mol. The summed E-state index contributed by atoms with van der Waals surface area (Å²) >= 11 is 0. The normalized spacial score (nSPS) is 16.1. The third kappa shape index (κ3) is 4.57. The van der Waals surface area contributed by atoms with E-state index in [4.69, 9.17) is 0 Å². The zero-order valence-electron chi connectivity index (χ0n) is 15.8. The van der Waals surface area contributed by atoms with Gasteiger partial charge in [0.1, 0.15) is 0 Å². The lowest BCUT2D eigenvalue weighted by Crippen LogP contribution is -2.36. The standard InChI is InChI=1S/C21H26N2O3S/c1-16-11-12-19(15-20(16)21(24)23-13-7-4-8-14-23)27(25,26)22-17(2)18-9-5-3-6-10-18/h3,5-6,9-12,15,17,22H,4,7-8,13-14H2,1-2H3/t17-/m1/s1. The molecule has 27 heavy (non-hydrogen) atoms. The first-order valence-corrected chi connectivity index (χ1v) is 10.8. The third-order valence-corrected chi connectivity index (χ3v) is 6.56. The lowest BCUT2D eigenvalue weighted by atomic mass is 10.1. The second-order valence-corrected chi connectivity index (χ2v) is 8.80. The summed E-state index contributed by atoms with van der Waals surface area (Å²) in [6.45, 7) is 5.12. The second-order valence-electron chi connectivity index (χ2n) is 7.08. The predicted octanol–water partition coefficient (Wildman–Crippen LogP) is 3.66. The molecule has 5 nitrogen and oxygen atoms in total. The number of carbonyl (C=O) groups excluding carboxylic acids is 1. The monoisotopic (exact) mass is 386 g/mol. The first-order chi connectivity index (χ1) is 12.9. The molecule has 0 saturated carbocycles. The van der Waals surface area contributed by atoms with Gasteiger partial charge in [-0.05, 0) is 56.4 Å². The van der Waals surface area contributed by atoms with Crippen LogP contribution in [0.25, 0.3) is 0 Å². The number of carbonyl (C=O) groups is 1. The lowest BCUT2D eigenvalue weighted by molar-refractivity contribution is 0.0723. The lowest BCUT2D eigenvalue weighted by Gasteiger charge is -2.27. The molecule has 6 heteroatoms. The average molecular weight is 387 g/mol. The van der Waals surface area contributed by atoms with Gasteiger partial charge in [0, 0.05) is 24.7 Å². The van der Waals surface area contributed by atoms with E-state index in [2.05, 4.69) is 4.72 Å². The number of nitrogens with one attached hydrogen (secondary N) is 1. The van der Waals surface area contributed by atoms with Gasteiger partial charge in [-0.25, -0.2) is 13.1 Å². The van der Waals surface area contributed by atoms with Gasteiger partial charge in [0.15, 0.2) is 0 Å². The van der Waals surface area contributed by atoms with Crippen LogP contribution in [0.1, 0.15) is 53.7 Å². The number of hydrogen-bond acceptors (Lipinski definition) is 3. The van der Waals surface area contributed by atoms with Crippen LogP contribution in [0.2, 0.25) is 0 Å². The fourth-order valence-electron chi connectivity index (χ4n) is 3.38. The Kier molecular flexibility index (Phi) is 5.97. The average Bonchev–Trinajstić information content (AvgIpc) is 2.68. The van der Waals surface area contributed by atoms with Crippen molar-refractivity contribution in [2.75, 3.05) is 13.1 Å². The molecule has 0 spiro atoms. The highest BCUT2D eigenvalue weighted by Gasteiger charge is 2.24. The Labute approximate surface area is 161 Å². The van der Waals surface area contributed by atoms with E-state index in [1.807, 2.05) is 42.2 Å². The van der Waals surface area contributed by atoms with E-state index < -0.39 is 10.0 Å². The molecule has 1 N–H and O–H groups in total. The molecule has 0 bridgehead atoms. The highest BCUT2D eigenvalue weighted by Crippen LogP contribution is 2.22. The highest BCUT2D eigenvalue weighted by molar-refractivity contribution is 7.89. The molecular weight excluding hydrogens is 360 g/mol. The summed E-state index contributed by atoms with van der Waals surface area (Å²) in [4.78, 5) is 14.8. The van der Waals surface area contributed by atoms with E-state index in [1.165, 1.54) is 6.07 Å². The Morgan fingerprint density at radius 3 is 2.37 bits per heavy atom. The number of benzene rings is 2. The van der Waals surface area contributed by atoms with E-state index >= 15 is 0 Å². The molecule has 2 aromatic rings. The largest absolute Gasteiger partial charge is 0.339 e. The summed E-state index contributed by atoms with van der Waals surface area (Å²) in [5, 5.41) is 0. The van der Waals surface area contributed by atoms with E-state index in [0.717, 1.165) is 43.5 Å². The van der Waals surface area contributed by atoms with Crippen LogP contribution in [0.15, 0.2) is 53.4 Å². The van der Waals surface area contributed by atoms with Gasteiger partial charge in [-0.15, -0.1) is 0 Å². The summed E-state index contributed by atoms with van der Waals surface area (Å²) < 4.78 is 28.4. The molecule has 1 saturated heterocycles. The van der Waals surface area contributed by atoms with Crippen molar-refractivity contribution < 1.29 is 13.2 Å². The zero-order valence-corrected chi connectivity index (χ0v) is 16.6. The zero-order chi connectivity index (χ0) is 19.4. The quantitative estimate of drug-likeness (QED) is 0.853. The Morgan fingerprint density at radius 1 is 1.04 bits per heavy atom. The number of sulfonamides is 1. The van der Waals surface area contributed by atoms with Crippen LogP contribution in [-0.2, 0) is 10.0 Å². The Hall–Kier alpha value is -2.18. The van der Waals surface area contributed by atoms with Crippen molar-refractivity contribution in [3.63, 3.8) is 0 Å². The Bertz CT molecular complexity index is 904. The molecule has 1 amide bonds. The number of likely N-dealkylation sites (tertiary alicyclic amines) is 1. The fraction of sp³-hybridized carbons (Fsp3) is 0.381. The topological polar surface area (TPSA) is 66.5 Å². The second kappa shape index (κ2) is 8.23. The first-order valence-electron chi connectivity index (χ1n) is 9.36. The van der Waals surface area contributed by atoms with Crippen LogP contribution >= 0.6 is 0 Å². The highest BCUT2D eigenvalue weighted by atomic mass is 32.2. The van der Waals surface area contributed by atoms with E-state index in [-0.39, 0.29) is 16.8 Å². The van der Waals surface area contributed by atoms with E-state index in [0.29, 0.717) is 5.56 Å². The summed E-state index contributed by atoms with van der Waals surface area (Å²) in [6.07, 6.45) is 3.14. The molecule has 1 atom stereocenters. The number of hydrogen-bond donors (Lipinski definition) is 1. The van der Waals surface area contributed by atoms with Gasteiger partial charge in [-0.1, -0.05) is 36.4 Å². The first kappa shape index (κ1) is 19.6. The molecule has 1 fully saturated rings. The summed E-state index contributed by atoms with van der Waals surface area (Å²) in [5.41, 5.74) is 2.14. The number of piperidine rings is 1. The molecule has 0 aliphatic carbocycles. The molecule has 0 aromatic heterocycles. The fourth-order valence-corrected chi connectivity index (χ4v) is 4.63. The van der Waals surface area contributed by atoms with Crippen molar-refractivity contribution in [2.24, 2.45) is 0 Å². The van der Waals surface area contributed by atoms with Crippen LogP contribution in [0.5, 0.6) is 0 Å². The molecule has 1 aliphatic rings. The van der Waals surface area contributed by atoms with Crippen LogP contribution in [0.4, 0.5) is 0 Å². The van der Waals surface area contributed by atoms with Gasteiger partial charge in [-0.3, -0.25) is 4.79 Å². The molecule has 144 valence electrons. The smallest absolute Gasteiger partial charge is 0.254 e. The van der Waals surface area contributed by atoms with Gasteiger partial charge < -0.3 is 4.90 Å². The van der Waals surface area contributed by atoms with Crippen molar-refractivity contribution in [3.05, 3.63) is 65.2 Å². The molecule has 3 rings (SSSR count). The molecule has 0 radical (unpaired) electrons. The van der Waals surface area contributed by atoms with Gasteiger partial charge >= 0.3 is 0 Å². The summed E-state index contributed by atoms with van der Waals surface area (Å²) in [7, 11) is -3.73. The van der Waals surface area contributed by atoms with Crippen molar-refractivity contribution >= 4 is 15.9 Å². The molecule has 0 unspecified atom stereocenters. The van der Waals surface area contributed by atoms with Crippen LogP contribution in [-0.4, -0.2) is 32.3 Å². The maximum Gasteiger partial charge on any atom is 0.254 e. The minimum Gasteiger partial charge on any atom is -0.339 e. The molecule has 2 aromatic carbocycles. The van der Waals surface area contributed by atoms with Crippen molar-refractivity contribution in [1.82, 2.24) is 9.62 Å². The number of aryl methyl sites for hydroxylation is 1. The maximum atomic E-state index is 12.9. The summed E-state index contributed by atoms with van der Waals surface area (Å²) in [6, 6.07) is 13.8. The number of amides is 1. The van der Waals surface area contributed by atoms with Crippen molar-refractivity contribution in [1.29, 1.82) is 0 Å². The van der Waals surface area contributed by atoms with E-state index in [1.54, 1.807) is 19.1 Å². The minimum atomic E-state index is -3.73. The maximum absolute atomic E-state index is 12.9. The van der Waals surface area contributed by atoms with Crippen molar-refractivity contribution in [3.8, 4) is 0 Å². The van der Waals surface area contributed by atoms with Crippen molar-refractivity contribution in [2.45, 2.75) is 44.0 Å². The Balaban J connectivity index is 1.84. The molecule has 1 aliphatic heterocycles.